The van der Waals surface area contributed by atoms with Gasteiger partial charge in [-0.25, -0.2) is 4.98 Å². The Labute approximate surface area is 124 Å². The van der Waals surface area contributed by atoms with E-state index in [-0.39, 0.29) is 12.5 Å². The highest BCUT2D eigenvalue weighted by molar-refractivity contribution is 5.83. The Morgan fingerprint density at radius 1 is 1.48 bits per heavy atom. The second-order valence-corrected chi connectivity index (χ2v) is 4.96. The summed E-state index contributed by atoms with van der Waals surface area (Å²) < 4.78 is 6.88. The Bertz CT molecular complexity index is 621. The van der Waals surface area contributed by atoms with E-state index in [1.807, 2.05) is 22.8 Å². The van der Waals surface area contributed by atoms with Crippen LogP contribution in [0, 0.1) is 0 Å². The number of methoxy groups -OCH3 is 1. The molecular weight excluding hydrogens is 268 g/mol. The maximum Gasteiger partial charge on any atom is 0.240 e. The number of nitrogens with zero attached hydrogens (tertiary/aromatic N) is 2. The third-order valence-electron chi connectivity index (χ3n) is 3.26. The van der Waals surface area contributed by atoms with Gasteiger partial charge in [-0.15, -0.1) is 0 Å². The van der Waals surface area contributed by atoms with Gasteiger partial charge in [-0.1, -0.05) is 6.92 Å². The van der Waals surface area contributed by atoms with Crippen molar-refractivity contribution in [3.8, 4) is 0 Å². The van der Waals surface area contributed by atoms with Crippen molar-refractivity contribution in [1.29, 1.82) is 0 Å². The first kappa shape index (κ1) is 15.3. The van der Waals surface area contributed by atoms with Gasteiger partial charge in [-0.2, -0.15) is 0 Å². The monoisotopic (exact) mass is 290 g/mol. The summed E-state index contributed by atoms with van der Waals surface area (Å²) in [6.07, 6.45) is 1.81. The van der Waals surface area contributed by atoms with Crippen LogP contribution >= 0.6 is 0 Å². The van der Waals surface area contributed by atoms with Crippen LogP contribution in [0.25, 0.3) is 11.0 Å². The van der Waals surface area contributed by atoms with Gasteiger partial charge < -0.3 is 20.4 Å². The zero-order valence-electron chi connectivity index (χ0n) is 12.6. The predicted molar refractivity (Wildman–Crippen MR) is 83.0 cm³/mol. The first-order valence-electron chi connectivity index (χ1n) is 7.16. The van der Waals surface area contributed by atoms with E-state index in [0.717, 1.165) is 29.7 Å². The molecule has 1 heterocycles. The maximum absolute atomic E-state index is 12.0. The molecule has 6 heteroatoms. The molecule has 6 nitrogen and oxygen atoms in total. The largest absolute Gasteiger partial charge is 0.399 e. The maximum atomic E-state index is 12.0. The van der Waals surface area contributed by atoms with Crippen molar-refractivity contribution in [1.82, 2.24) is 14.9 Å². The minimum absolute atomic E-state index is 0.0412. The van der Waals surface area contributed by atoms with Gasteiger partial charge in [0.25, 0.3) is 0 Å². The van der Waals surface area contributed by atoms with Gasteiger partial charge in [0.1, 0.15) is 12.4 Å². The van der Waals surface area contributed by atoms with Gasteiger partial charge >= 0.3 is 0 Å². The van der Waals surface area contributed by atoms with Gasteiger partial charge in [0.2, 0.25) is 5.91 Å². The van der Waals surface area contributed by atoms with E-state index in [4.69, 9.17) is 10.5 Å². The number of nitrogen functional groups attached to an aromatic ring is 1. The van der Waals surface area contributed by atoms with Crippen molar-refractivity contribution < 1.29 is 9.53 Å². The first-order valence-corrected chi connectivity index (χ1v) is 7.16. The van der Waals surface area contributed by atoms with E-state index >= 15 is 0 Å². The number of imidazole rings is 1. The fourth-order valence-corrected chi connectivity index (χ4v) is 2.28. The second-order valence-electron chi connectivity index (χ2n) is 4.96. The number of nitrogens with one attached hydrogen (secondary N) is 1. The summed E-state index contributed by atoms with van der Waals surface area (Å²) in [4.78, 5) is 16.6. The standard InChI is InChI=1S/C15H22N4O2/c1-3-4-14-18-12-9-11(16)5-6-13(12)19(14)10-15(20)17-7-8-21-2/h5-6,9H,3-4,7-8,10,16H2,1-2H3,(H,17,20). The molecule has 0 saturated carbocycles. The molecule has 0 unspecified atom stereocenters. The van der Waals surface area contributed by atoms with E-state index in [9.17, 15) is 4.79 Å². The summed E-state index contributed by atoms with van der Waals surface area (Å²) in [7, 11) is 1.61. The van der Waals surface area contributed by atoms with Crippen molar-refractivity contribution in [2.75, 3.05) is 26.0 Å². The molecule has 0 aliphatic carbocycles. The van der Waals surface area contributed by atoms with Crippen LogP contribution in [0.4, 0.5) is 5.69 Å². The minimum Gasteiger partial charge on any atom is -0.399 e. The van der Waals surface area contributed by atoms with Crippen molar-refractivity contribution in [2.45, 2.75) is 26.3 Å². The molecule has 0 saturated heterocycles. The van der Waals surface area contributed by atoms with Crippen molar-refractivity contribution in [3.63, 3.8) is 0 Å². The lowest BCUT2D eigenvalue weighted by molar-refractivity contribution is -0.121. The molecule has 0 atom stereocenters. The Balaban J connectivity index is 2.23. The number of ether oxygens (including phenoxy) is 1. The van der Waals surface area contributed by atoms with E-state index in [0.29, 0.717) is 18.8 Å². The van der Waals surface area contributed by atoms with Crippen LogP contribution in [-0.2, 0) is 22.5 Å². The van der Waals surface area contributed by atoms with E-state index in [1.54, 1.807) is 7.11 Å². The molecule has 1 aromatic heterocycles. The summed E-state index contributed by atoms with van der Waals surface area (Å²) in [5.41, 5.74) is 8.25. The molecule has 114 valence electrons. The van der Waals surface area contributed by atoms with Gasteiger partial charge in [0, 0.05) is 25.8 Å². The lowest BCUT2D eigenvalue weighted by atomic mass is 10.3. The van der Waals surface area contributed by atoms with Gasteiger partial charge in [-0.05, 0) is 24.6 Å². The van der Waals surface area contributed by atoms with Gasteiger partial charge in [0.05, 0.1) is 17.6 Å². The highest BCUT2D eigenvalue weighted by atomic mass is 16.5. The van der Waals surface area contributed by atoms with Crippen LogP contribution in [0.5, 0.6) is 0 Å². The third-order valence-corrected chi connectivity index (χ3v) is 3.26. The molecule has 0 bridgehead atoms. The van der Waals surface area contributed by atoms with Crippen LogP contribution in [-0.4, -0.2) is 35.7 Å². The fraction of sp³-hybridized carbons (Fsp3) is 0.467. The number of carbonyl (C=O) groups excluding carboxylic acids is 1. The minimum atomic E-state index is -0.0412. The fourth-order valence-electron chi connectivity index (χ4n) is 2.28. The molecule has 2 rings (SSSR count). The summed E-state index contributed by atoms with van der Waals surface area (Å²) >= 11 is 0. The first-order chi connectivity index (χ1) is 10.2. The van der Waals surface area contributed by atoms with Crippen LogP contribution < -0.4 is 11.1 Å². The molecule has 21 heavy (non-hydrogen) atoms. The number of fused-ring (bicyclic) bond motifs is 1. The number of aryl methyl sites for hydroxylation is 1. The molecule has 0 radical (unpaired) electrons. The lowest BCUT2D eigenvalue weighted by Crippen LogP contribution is -2.30. The van der Waals surface area contributed by atoms with Crippen LogP contribution in [0.2, 0.25) is 0 Å². The van der Waals surface area contributed by atoms with E-state index < -0.39 is 0 Å². The zero-order chi connectivity index (χ0) is 15.2. The van der Waals surface area contributed by atoms with Gasteiger partial charge in [-0.3, -0.25) is 4.79 Å². The van der Waals surface area contributed by atoms with Gasteiger partial charge in [0.15, 0.2) is 0 Å². The normalized spacial score (nSPS) is 11.0. The number of carbonyl (C=O) groups is 1. The Morgan fingerprint density at radius 2 is 2.29 bits per heavy atom. The Morgan fingerprint density at radius 3 is 3.00 bits per heavy atom. The Kier molecular flexibility index (Phi) is 5.16. The molecule has 0 spiro atoms. The highest BCUT2D eigenvalue weighted by Gasteiger charge is 2.13. The Hall–Kier alpha value is -2.08. The molecule has 0 aliphatic rings. The summed E-state index contributed by atoms with van der Waals surface area (Å²) in [6, 6.07) is 5.59. The number of anilines is 1. The highest BCUT2D eigenvalue weighted by Crippen LogP contribution is 2.20. The molecule has 1 aromatic carbocycles. The van der Waals surface area contributed by atoms with Crippen LogP contribution in [0.1, 0.15) is 19.2 Å². The number of nitrogens with two attached hydrogens (primary N) is 1. The lowest BCUT2D eigenvalue weighted by Gasteiger charge is -2.09. The molecular formula is C15H22N4O2. The number of rotatable bonds is 7. The van der Waals surface area contributed by atoms with Crippen molar-refractivity contribution >= 4 is 22.6 Å². The van der Waals surface area contributed by atoms with Crippen molar-refractivity contribution in [2.24, 2.45) is 0 Å². The summed E-state index contributed by atoms with van der Waals surface area (Å²) in [6.45, 7) is 3.38. The number of benzene rings is 1. The zero-order valence-corrected chi connectivity index (χ0v) is 12.6. The smallest absolute Gasteiger partial charge is 0.240 e. The van der Waals surface area contributed by atoms with Crippen LogP contribution in [0.3, 0.4) is 0 Å². The molecule has 3 N–H and O–H groups in total. The molecule has 2 aromatic rings. The third kappa shape index (κ3) is 3.72. The summed E-state index contributed by atoms with van der Waals surface area (Å²) in [5.74, 6) is 0.875. The number of aromatic nitrogens is 2. The second kappa shape index (κ2) is 7.08. The average Bonchev–Trinajstić information content (AvgIpc) is 2.76. The summed E-state index contributed by atoms with van der Waals surface area (Å²) in [5, 5.41) is 2.83. The number of hydrogen-bond donors (Lipinski definition) is 2. The van der Waals surface area contributed by atoms with E-state index in [1.165, 1.54) is 0 Å². The molecule has 0 aliphatic heterocycles. The molecule has 1 amide bonds. The average molecular weight is 290 g/mol. The van der Waals surface area contributed by atoms with E-state index in [2.05, 4.69) is 17.2 Å². The quantitative estimate of drug-likeness (QED) is 0.595. The number of amides is 1. The van der Waals surface area contributed by atoms with Crippen molar-refractivity contribution in [3.05, 3.63) is 24.0 Å². The molecule has 0 fully saturated rings. The predicted octanol–water partition coefficient (Wildman–Crippen LogP) is 1.33. The SMILES string of the molecule is CCCc1nc2cc(N)ccc2n1CC(=O)NCCOC. The van der Waals surface area contributed by atoms with Crippen LogP contribution in [0.15, 0.2) is 18.2 Å². The topological polar surface area (TPSA) is 82.2 Å². The number of hydrogen-bond acceptors (Lipinski definition) is 4.